The van der Waals surface area contributed by atoms with E-state index >= 15 is 0 Å². The van der Waals surface area contributed by atoms with Crippen molar-refractivity contribution in [2.45, 2.75) is 19.4 Å². The van der Waals surface area contributed by atoms with Crippen LogP contribution in [0.25, 0.3) is 0 Å². The molecule has 0 spiro atoms. The molecule has 1 heterocycles. The van der Waals surface area contributed by atoms with Gasteiger partial charge in [-0.3, -0.25) is 0 Å². The van der Waals surface area contributed by atoms with Crippen LogP contribution in [0.3, 0.4) is 0 Å². The predicted octanol–water partition coefficient (Wildman–Crippen LogP) is 5.82. The van der Waals surface area contributed by atoms with Crippen LogP contribution in [0.1, 0.15) is 24.9 Å². The number of benzene rings is 1. The predicted molar refractivity (Wildman–Crippen MR) is 87.7 cm³/mol. The summed E-state index contributed by atoms with van der Waals surface area (Å²) in [6.45, 7) is 2.14. The molecular formula is C14H13Br2ClN2. The minimum absolute atomic E-state index is 0.210. The number of rotatable bonds is 4. The van der Waals surface area contributed by atoms with Crippen LogP contribution in [0.4, 0.5) is 5.69 Å². The van der Waals surface area contributed by atoms with Crippen molar-refractivity contribution < 1.29 is 0 Å². The fraction of sp³-hybridized carbons (Fsp3) is 0.214. The highest BCUT2D eigenvalue weighted by atomic mass is 79.9. The molecule has 5 heteroatoms. The van der Waals surface area contributed by atoms with Gasteiger partial charge in [0.05, 0.1) is 11.7 Å². The molecule has 1 aromatic carbocycles. The Balaban J connectivity index is 2.23. The van der Waals surface area contributed by atoms with Gasteiger partial charge in [0.15, 0.2) is 5.15 Å². The largest absolute Gasteiger partial charge is 0.376 e. The van der Waals surface area contributed by atoms with Crippen molar-refractivity contribution in [3.63, 3.8) is 0 Å². The molecule has 0 aliphatic rings. The molecular weight excluding hydrogens is 391 g/mol. The van der Waals surface area contributed by atoms with Crippen LogP contribution < -0.4 is 5.32 Å². The Bertz CT molecular complexity index is 558. The van der Waals surface area contributed by atoms with Crippen molar-refractivity contribution in [1.29, 1.82) is 0 Å². The van der Waals surface area contributed by atoms with E-state index in [2.05, 4.69) is 61.2 Å². The van der Waals surface area contributed by atoms with Gasteiger partial charge in [0.1, 0.15) is 0 Å². The van der Waals surface area contributed by atoms with Crippen LogP contribution in [0, 0.1) is 0 Å². The maximum Gasteiger partial charge on any atom is 0.152 e. The highest BCUT2D eigenvalue weighted by Crippen LogP contribution is 2.29. The molecule has 2 aromatic rings. The Labute approximate surface area is 134 Å². The van der Waals surface area contributed by atoms with Gasteiger partial charge in [-0.25, -0.2) is 4.98 Å². The van der Waals surface area contributed by atoms with E-state index < -0.39 is 0 Å². The van der Waals surface area contributed by atoms with E-state index in [0.29, 0.717) is 5.15 Å². The second-order valence-corrected chi connectivity index (χ2v) is 6.34. The van der Waals surface area contributed by atoms with Crippen LogP contribution in [-0.4, -0.2) is 4.98 Å². The molecule has 1 unspecified atom stereocenters. The second kappa shape index (κ2) is 6.73. The maximum atomic E-state index is 6.11. The van der Waals surface area contributed by atoms with Crippen LogP contribution in [0.5, 0.6) is 0 Å². The molecule has 0 saturated carbocycles. The van der Waals surface area contributed by atoms with Crippen LogP contribution in [0.2, 0.25) is 5.15 Å². The summed E-state index contributed by atoms with van der Waals surface area (Å²) in [5.41, 5.74) is 2.06. The Morgan fingerprint density at radius 2 is 1.89 bits per heavy atom. The number of aromatic nitrogens is 1. The van der Waals surface area contributed by atoms with Gasteiger partial charge in [-0.15, -0.1) is 0 Å². The zero-order valence-corrected chi connectivity index (χ0v) is 14.3. The van der Waals surface area contributed by atoms with Gasteiger partial charge in [-0.1, -0.05) is 46.6 Å². The molecule has 0 aliphatic heterocycles. The normalized spacial score (nSPS) is 12.2. The second-order valence-electron chi connectivity index (χ2n) is 4.15. The Kier molecular flexibility index (Phi) is 5.25. The molecule has 0 bridgehead atoms. The molecule has 0 saturated heterocycles. The third kappa shape index (κ3) is 3.94. The van der Waals surface area contributed by atoms with E-state index in [1.54, 1.807) is 6.20 Å². The zero-order valence-electron chi connectivity index (χ0n) is 10.3. The average molecular weight is 405 g/mol. The Hall–Kier alpha value is -0.580. The highest BCUT2D eigenvalue weighted by molar-refractivity contribution is 9.10. The average Bonchev–Trinajstić information content (AvgIpc) is 2.41. The first-order valence-corrected chi connectivity index (χ1v) is 7.89. The lowest BCUT2D eigenvalue weighted by molar-refractivity contribution is 0.748. The van der Waals surface area contributed by atoms with Crippen LogP contribution >= 0.6 is 43.5 Å². The van der Waals surface area contributed by atoms with E-state index in [0.717, 1.165) is 21.1 Å². The fourth-order valence-corrected chi connectivity index (χ4v) is 2.58. The maximum absolute atomic E-state index is 6.11. The molecule has 0 amide bonds. The Morgan fingerprint density at radius 3 is 2.53 bits per heavy atom. The van der Waals surface area contributed by atoms with Crippen LogP contribution in [-0.2, 0) is 0 Å². The molecule has 100 valence electrons. The van der Waals surface area contributed by atoms with Gasteiger partial charge in [-0.2, -0.15) is 0 Å². The minimum atomic E-state index is 0.210. The summed E-state index contributed by atoms with van der Waals surface area (Å²) in [7, 11) is 0. The number of hydrogen-bond donors (Lipinski definition) is 1. The standard InChI is InChI=1S/C14H13Br2ClN2/c1-2-12(9-3-5-10(15)6-4-9)19-13-7-11(16)8-18-14(13)17/h3-8,12,19H,2H2,1H3. The van der Waals surface area contributed by atoms with Gasteiger partial charge in [-0.05, 0) is 46.1 Å². The molecule has 1 N–H and O–H groups in total. The summed E-state index contributed by atoms with van der Waals surface area (Å²) in [6.07, 6.45) is 2.65. The summed E-state index contributed by atoms with van der Waals surface area (Å²) < 4.78 is 1.98. The number of nitrogens with zero attached hydrogens (tertiary/aromatic N) is 1. The number of halogens is 3. The first-order chi connectivity index (χ1) is 9.10. The van der Waals surface area contributed by atoms with Gasteiger partial charge in [0.2, 0.25) is 0 Å². The van der Waals surface area contributed by atoms with Crippen molar-refractivity contribution in [1.82, 2.24) is 4.98 Å². The van der Waals surface area contributed by atoms with E-state index in [1.807, 2.05) is 18.2 Å². The monoisotopic (exact) mass is 402 g/mol. The van der Waals surface area contributed by atoms with E-state index in [4.69, 9.17) is 11.6 Å². The van der Waals surface area contributed by atoms with Crippen molar-refractivity contribution in [3.8, 4) is 0 Å². The molecule has 2 nitrogen and oxygen atoms in total. The first-order valence-electron chi connectivity index (χ1n) is 5.93. The van der Waals surface area contributed by atoms with Crippen molar-refractivity contribution >= 4 is 49.1 Å². The van der Waals surface area contributed by atoms with Gasteiger partial charge >= 0.3 is 0 Å². The molecule has 2 rings (SSSR count). The summed E-state index contributed by atoms with van der Waals surface area (Å²) in [5.74, 6) is 0. The molecule has 1 atom stereocenters. The summed E-state index contributed by atoms with van der Waals surface area (Å²) >= 11 is 13.0. The molecule has 0 fully saturated rings. The lowest BCUT2D eigenvalue weighted by atomic mass is 10.0. The van der Waals surface area contributed by atoms with Crippen molar-refractivity contribution in [2.24, 2.45) is 0 Å². The number of anilines is 1. The first kappa shape index (κ1) is 14.8. The fourth-order valence-electron chi connectivity index (χ4n) is 1.83. The Morgan fingerprint density at radius 1 is 1.21 bits per heavy atom. The smallest absolute Gasteiger partial charge is 0.152 e. The molecule has 19 heavy (non-hydrogen) atoms. The van der Waals surface area contributed by atoms with E-state index in [-0.39, 0.29) is 6.04 Å². The highest BCUT2D eigenvalue weighted by Gasteiger charge is 2.11. The summed E-state index contributed by atoms with van der Waals surface area (Å²) in [6, 6.07) is 10.4. The summed E-state index contributed by atoms with van der Waals surface area (Å²) in [4.78, 5) is 4.12. The van der Waals surface area contributed by atoms with Crippen LogP contribution in [0.15, 0.2) is 45.5 Å². The molecule has 1 aromatic heterocycles. The third-order valence-electron chi connectivity index (χ3n) is 2.82. The van der Waals surface area contributed by atoms with Crippen molar-refractivity contribution in [3.05, 3.63) is 56.2 Å². The van der Waals surface area contributed by atoms with E-state index in [1.165, 1.54) is 5.56 Å². The molecule has 0 radical (unpaired) electrons. The van der Waals surface area contributed by atoms with Crippen molar-refractivity contribution in [2.75, 3.05) is 5.32 Å². The van der Waals surface area contributed by atoms with Gasteiger partial charge < -0.3 is 5.32 Å². The van der Waals surface area contributed by atoms with Gasteiger partial charge in [0.25, 0.3) is 0 Å². The minimum Gasteiger partial charge on any atom is -0.376 e. The quantitative estimate of drug-likeness (QED) is 0.649. The summed E-state index contributed by atoms with van der Waals surface area (Å²) in [5, 5.41) is 3.92. The zero-order chi connectivity index (χ0) is 13.8. The topological polar surface area (TPSA) is 24.9 Å². The SMILES string of the molecule is CCC(Nc1cc(Br)cnc1Cl)c1ccc(Br)cc1. The number of hydrogen-bond acceptors (Lipinski definition) is 2. The number of pyridine rings is 1. The van der Waals surface area contributed by atoms with E-state index in [9.17, 15) is 0 Å². The number of nitrogens with one attached hydrogen (secondary N) is 1. The molecule has 0 aliphatic carbocycles. The lowest BCUT2D eigenvalue weighted by Crippen LogP contribution is -2.10. The van der Waals surface area contributed by atoms with Gasteiger partial charge in [0, 0.05) is 15.1 Å². The third-order valence-corrected chi connectivity index (χ3v) is 4.08. The lowest BCUT2D eigenvalue weighted by Gasteiger charge is -2.19.